The summed E-state index contributed by atoms with van der Waals surface area (Å²) in [5.41, 5.74) is 1.01. The van der Waals surface area contributed by atoms with Crippen LogP contribution in [0.5, 0.6) is 11.5 Å². The van der Waals surface area contributed by atoms with Crippen LogP contribution in [0.2, 0.25) is 0 Å². The molecule has 0 saturated heterocycles. The van der Waals surface area contributed by atoms with E-state index in [9.17, 15) is 0 Å². The molecule has 0 aromatic heterocycles. The van der Waals surface area contributed by atoms with E-state index in [4.69, 9.17) is 20.6 Å². The Morgan fingerprint density at radius 2 is 2.07 bits per heavy atom. The predicted octanol–water partition coefficient (Wildman–Crippen LogP) is 2.83. The number of nitrogens with one attached hydrogen (secondary N) is 2. The maximum Gasteiger partial charge on any atom is 0.191 e. The average molecular weight is 376 g/mol. The van der Waals surface area contributed by atoms with Crippen LogP contribution < -0.4 is 20.1 Å². The summed E-state index contributed by atoms with van der Waals surface area (Å²) in [6.07, 6.45) is 6.20. The molecule has 0 aliphatic carbocycles. The van der Waals surface area contributed by atoms with Crippen LogP contribution in [0.1, 0.15) is 32.8 Å². The Balaban J connectivity index is 2.57. The third-order valence-corrected chi connectivity index (χ3v) is 3.51. The zero-order valence-electron chi connectivity index (χ0n) is 17.0. The van der Waals surface area contributed by atoms with Crippen LogP contribution in [0.4, 0.5) is 0 Å². The maximum absolute atomic E-state index is 5.59. The fourth-order valence-electron chi connectivity index (χ4n) is 2.26. The molecular formula is C21H33N3O3. The smallest absolute Gasteiger partial charge is 0.191 e. The van der Waals surface area contributed by atoms with Gasteiger partial charge in [0.25, 0.3) is 0 Å². The van der Waals surface area contributed by atoms with Gasteiger partial charge in [-0.2, -0.15) is 0 Å². The molecule has 0 unspecified atom stereocenters. The molecule has 0 radical (unpaired) electrons. The van der Waals surface area contributed by atoms with E-state index in [0.29, 0.717) is 24.0 Å². The van der Waals surface area contributed by atoms with Crippen LogP contribution in [-0.4, -0.2) is 46.0 Å². The highest BCUT2D eigenvalue weighted by Crippen LogP contribution is 2.28. The number of ether oxygens (including phenoxy) is 3. The Hall–Kier alpha value is -2.39. The molecule has 150 valence electrons. The predicted molar refractivity (Wildman–Crippen MR) is 110 cm³/mol. The normalized spacial score (nSPS) is 11.2. The minimum atomic E-state index is 0.201. The summed E-state index contributed by atoms with van der Waals surface area (Å²) in [4.78, 5) is 4.62. The molecule has 1 rings (SSSR count). The molecule has 0 atom stereocenters. The van der Waals surface area contributed by atoms with Crippen molar-refractivity contribution in [3.05, 3.63) is 23.8 Å². The second-order valence-corrected chi connectivity index (χ2v) is 6.42. The van der Waals surface area contributed by atoms with E-state index in [2.05, 4.69) is 35.4 Å². The summed E-state index contributed by atoms with van der Waals surface area (Å²) in [6, 6.07) is 5.74. The molecule has 6 heteroatoms. The highest BCUT2D eigenvalue weighted by Gasteiger charge is 2.06. The van der Waals surface area contributed by atoms with Crippen LogP contribution in [0, 0.1) is 18.3 Å². The minimum absolute atomic E-state index is 0.201. The van der Waals surface area contributed by atoms with Crippen molar-refractivity contribution in [3.8, 4) is 23.8 Å². The summed E-state index contributed by atoms with van der Waals surface area (Å²) >= 11 is 0. The average Bonchev–Trinajstić information content (AvgIpc) is 2.66. The summed E-state index contributed by atoms with van der Waals surface area (Å²) in [7, 11) is 1.61. The quantitative estimate of drug-likeness (QED) is 0.255. The van der Waals surface area contributed by atoms with Gasteiger partial charge in [0.05, 0.1) is 13.7 Å². The lowest BCUT2D eigenvalue weighted by Gasteiger charge is -2.13. The second-order valence-electron chi connectivity index (χ2n) is 6.42. The van der Waals surface area contributed by atoms with Crippen molar-refractivity contribution >= 4 is 5.96 Å². The van der Waals surface area contributed by atoms with Gasteiger partial charge in [-0.3, -0.25) is 0 Å². The van der Waals surface area contributed by atoms with Gasteiger partial charge >= 0.3 is 0 Å². The molecular weight excluding hydrogens is 342 g/mol. The van der Waals surface area contributed by atoms with E-state index >= 15 is 0 Å². The second kappa shape index (κ2) is 13.8. The molecule has 0 saturated carbocycles. The first-order valence-electron chi connectivity index (χ1n) is 9.43. The number of aliphatic imine (C=N–C) groups is 1. The zero-order valence-corrected chi connectivity index (χ0v) is 17.0. The molecule has 0 amide bonds. The van der Waals surface area contributed by atoms with Gasteiger partial charge in [0.1, 0.15) is 6.61 Å². The Bertz CT molecular complexity index is 609. The van der Waals surface area contributed by atoms with E-state index in [1.165, 1.54) is 0 Å². The Morgan fingerprint density at radius 1 is 1.26 bits per heavy atom. The first-order valence-corrected chi connectivity index (χ1v) is 9.43. The molecule has 1 aromatic carbocycles. The molecule has 2 N–H and O–H groups in total. The van der Waals surface area contributed by atoms with Crippen molar-refractivity contribution in [2.75, 3.05) is 40.0 Å². The lowest BCUT2D eigenvalue weighted by atomic mass is 10.2. The highest BCUT2D eigenvalue weighted by molar-refractivity contribution is 5.79. The molecule has 0 aliphatic heterocycles. The number of hydrogen-bond acceptors (Lipinski definition) is 4. The number of rotatable bonds is 12. The highest BCUT2D eigenvalue weighted by atomic mass is 16.5. The molecule has 0 heterocycles. The van der Waals surface area contributed by atoms with Gasteiger partial charge in [-0.05, 0) is 37.0 Å². The van der Waals surface area contributed by atoms with Gasteiger partial charge in [-0.15, -0.1) is 6.42 Å². The van der Waals surface area contributed by atoms with Crippen molar-refractivity contribution in [2.24, 2.45) is 10.9 Å². The van der Waals surface area contributed by atoms with Crippen molar-refractivity contribution in [1.82, 2.24) is 10.6 Å². The van der Waals surface area contributed by atoms with Crippen LogP contribution in [0.15, 0.2) is 23.2 Å². The van der Waals surface area contributed by atoms with Crippen molar-refractivity contribution in [1.29, 1.82) is 0 Å². The number of benzene rings is 1. The SMILES string of the molecule is C#CCOc1cc(CN=C(NCC)NCCCOCC(C)C)ccc1OC. The van der Waals surface area contributed by atoms with Crippen LogP contribution in [0.25, 0.3) is 0 Å². The van der Waals surface area contributed by atoms with Crippen molar-refractivity contribution in [3.63, 3.8) is 0 Å². The van der Waals surface area contributed by atoms with Gasteiger partial charge in [-0.1, -0.05) is 25.8 Å². The number of methoxy groups -OCH3 is 1. The molecule has 27 heavy (non-hydrogen) atoms. The van der Waals surface area contributed by atoms with E-state index in [0.717, 1.165) is 44.2 Å². The van der Waals surface area contributed by atoms with E-state index in [1.807, 2.05) is 25.1 Å². The van der Waals surface area contributed by atoms with Crippen LogP contribution in [-0.2, 0) is 11.3 Å². The van der Waals surface area contributed by atoms with E-state index < -0.39 is 0 Å². The molecule has 1 aromatic rings. The molecule has 0 bridgehead atoms. The number of terminal acetylenes is 1. The number of hydrogen-bond donors (Lipinski definition) is 2. The molecule has 0 fully saturated rings. The maximum atomic E-state index is 5.59. The summed E-state index contributed by atoms with van der Waals surface area (Å²) in [6.45, 7) is 10.2. The van der Waals surface area contributed by atoms with Gasteiger partial charge in [-0.25, -0.2) is 4.99 Å². The summed E-state index contributed by atoms with van der Waals surface area (Å²) in [5, 5.41) is 6.58. The largest absolute Gasteiger partial charge is 0.493 e. The number of guanidine groups is 1. The lowest BCUT2D eigenvalue weighted by molar-refractivity contribution is 0.108. The van der Waals surface area contributed by atoms with Gasteiger partial charge in [0.15, 0.2) is 17.5 Å². The van der Waals surface area contributed by atoms with Gasteiger partial charge in [0, 0.05) is 26.3 Å². The van der Waals surface area contributed by atoms with Crippen molar-refractivity contribution < 1.29 is 14.2 Å². The standard InChI is InChI=1S/C21H33N3O3/c1-6-12-27-20-14-18(9-10-19(20)25-5)15-24-21(22-7-2)23-11-8-13-26-16-17(3)4/h1,9-10,14,17H,7-8,11-13,15-16H2,2-5H3,(H2,22,23,24). The van der Waals surface area contributed by atoms with E-state index in [1.54, 1.807) is 7.11 Å². The van der Waals surface area contributed by atoms with Crippen LogP contribution >= 0.6 is 0 Å². The first kappa shape index (κ1) is 22.7. The van der Waals surface area contributed by atoms with Gasteiger partial charge in [0.2, 0.25) is 0 Å². The van der Waals surface area contributed by atoms with Crippen molar-refractivity contribution in [2.45, 2.75) is 33.7 Å². The monoisotopic (exact) mass is 375 g/mol. The first-order chi connectivity index (χ1) is 13.1. The molecule has 0 aliphatic rings. The molecule has 6 nitrogen and oxygen atoms in total. The third-order valence-electron chi connectivity index (χ3n) is 3.51. The fraction of sp³-hybridized carbons (Fsp3) is 0.571. The van der Waals surface area contributed by atoms with Crippen LogP contribution in [0.3, 0.4) is 0 Å². The third kappa shape index (κ3) is 9.76. The summed E-state index contributed by atoms with van der Waals surface area (Å²) in [5.74, 6) is 5.09. The lowest BCUT2D eigenvalue weighted by Crippen LogP contribution is -2.38. The summed E-state index contributed by atoms with van der Waals surface area (Å²) < 4.78 is 16.4. The molecule has 0 spiro atoms. The van der Waals surface area contributed by atoms with E-state index in [-0.39, 0.29) is 6.61 Å². The minimum Gasteiger partial charge on any atom is -0.493 e. The fourth-order valence-corrected chi connectivity index (χ4v) is 2.26. The van der Waals surface area contributed by atoms with Gasteiger partial charge < -0.3 is 24.8 Å². The Kier molecular flexibility index (Phi) is 11.5. The Labute approximate surface area is 163 Å². The zero-order chi connectivity index (χ0) is 19.9. The topological polar surface area (TPSA) is 64.1 Å². The number of nitrogens with zero attached hydrogens (tertiary/aromatic N) is 1. The Morgan fingerprint density at radius 3 is 2.74 bits per heavy atom.